The Hall–Kier alpha value is -2.30. The van der Waals surface area contributed by atoms with Crippen LogP contribution in [0.3, 0.4) is 0 Å². The Morgan fingerprint density at radius 1 is 0.958 bits per heavy atom. The van der Waals surface area contributed by atoms with Crippen LogP contribution in [0, 0.1) is 0 Å². The predicted octanol–water partition coefficient (Wildman–Crippen LogP) is 5.44. The molecule has 0 saturated heterocycles. The Labute approximate surface area is 149 Å². The van der Waals surface area contributed by atoms with Gasteiger partial charge in [0.25, 0.3) is 0 Å². The zero-order valence-electron chi connectivity index (χ0n) is 13.0. The van der Waals surface area contributed by atoms with E-state index in [1.807, 2.05) is 40.9 Å². The first-order chi connectivity index (χ1) is 11.8. The van der Waals surface area contributed by atoms with Gasteiger partial charge >= 0.3 is 0 Å². The molecule has 0 bridgehead atoms. The number of hydrogen-bond donors (Lipinski definition) is 0. The fraction of sp³-hybridized carbons (Fsp3) is 0.0526. The Balaban J connectivity index is 1.97. The Bertz CT molecular complexity index is 991. The maximum absolute atomic E-state index is 6.04. The smallest absolute Gasteiger partial charge is 0.234 e. The van der Waals surface area contributed by atoms with Crippen LogP contribution in [-0.4, -0.2) is 20.6 Å². The van der Waals surface area contributed by atoms with Crippen LogP contribution < -0.4 is 0 Å². The summed E-state index contributed by atoms with van der Waals surface area (Å²) in [5.41, 5.74) is 4.07. The third-order valence-electron chi connectivity index (χ3n) is 3.88. The molecular weight excluding hydrogens is 338 g/mol. The molecule has 118 valence electrons. The number of rotatable bonds is 3. The summed E-state index contributed by atoms with van der Waals surface area (Å²) in [6.07, 6.45) is 5.82. The SMILES string of the molecule is CSc1ccc(-c2nc3ncccn3c2-c2ccc(Cl)cc2)cc1. The van der Waals surface area contributed by atoms with E-state index in [9.17, 15) is 0 Å². The molecule has 5 heteroatoms. The van der Waals surface area contributed by atoms with E-state index in [-0.39, 0.29) is 0 Å². The van der Waals surface area contributed by atoms with Crippen molar-refractivity contribution in [3.63, 3.8) is 0 Å². The average Bonchev–Trinajstić information content (AvgIpc) is 3.02. The first-order valence-electron chi connectivity index (χ1n) is 7.50. The minimum Gasteiger partial charge on any atom is -0.283 e. The van der Waals surface area contributed by atoms with Gasteiger partial charge in [-0.1, -0.05) is 35.9 Å². The minimum atomic E-state index is 0.686. The van der Waals surface area contributed by atoms with Gasteiger partial charge in [0, 0.05) is 33.4 Å². The molecule has 0 saturated carbocycles. The first kappa shape index (κ1) is 15.2. The minimum absolute atomic E-state index is 0.686. The van der Waals surface area contributed by atoms with Crippen molar-refractivity contribution in [2.75, 3.05) is 6.26 Å². The summed E-state index contributed by atoms with van der Waals surface area (Å²) >= 11 is 7.77. The van der Waals surface area contributed by atoms with Crippen LogP contribution in [0.1, 0.15) is 0 Å². The molecule has 2 aromatic heterocycles. The van der Waals surface area contributed by atoms with E-state index >= 15 is 0 Å². The lowest BCUT2D eigenvalue weighted by Gasteiger charge is -2.06. The second-order valence-corrected chi connectivity index (χ2v) is 6.65. The van der Waals surface area contributed by atoms with Crippen LogP contribution in [-0.2, 0) is 0 Å². The summed E-state index contributed by atoms with van der Waals surface area (Å²) in [5, 5.41) is 0.719. The van der Waals surface area contributed by atoms with Crippen LogP contribution >= 0.6 is 23.4 Å². The van der Waals surface area contributed by atoms with E-state index in [4.69, 9.17) is 16.6 Å². The number of imidazole rings is 1. The molecule has 2 heterocycles. The predicted molar refractivity (Wildman–Crippen MR) is 101 cm³/mol. The molecule has 0 spiro atoms. The van der Waals surface area contributed by atoms with Crippen LogP contribution in [0.2, 0.25) is 5.02 Å². The molecule has 0 fully saturated rings. The molecular formula is C19H14ClN3S. The van der Waals surface area contributed by atoms with Crippen molar-refractivity contribution in [3.8, 4) is 22.5 Å². The Morgan fingerprint density at radius 3 is 2.38 bits per heavy atom. The molecule has 2 aromatic carbocycles. The highest BCUT2D eigenvalue weighted by atomic mass is 35.5. The molecule has 0 unspecified atom stereocenters. The van der Waals surface area contributed by atoms with Gasteiger partial charge in [-0.05, 0) is 36.6 Å². The number of fused-ring (bicyclic) bond motifs is 1. The molecule has 0 atom stereocenters. The van der Waals surface area contributed by atoms with Gasteiger partial charge in [0.2, 0.25) is 5.78 Å². The number of benzene rings is 2. The Morgan fingerprint density at radius 2 is 1.67 bits per heavy atom. The molecule has 0 aliphatic carbocycles. The molecule has 0 radical (unpaired) electrons. The van der Waals surface area contributed by atoms with Crippen molar-refractivity contribution < 1.29 is 0 Å². The van der Waals surface area contributed by atoms with E-state index in [2.05, 4.69) is 35.5 Å². The van der Waals surface area contributed by atoms with Crippen LogP contribution in [0.15, 0.2) is 71.9 Å². The van der Waals surface area contributed by atoms with Gasteiger partial charge < -0.3 is 0 Å². The maximum atomic E-state index is 6.04. The highest BCUT2D eigenvalue weighted by molar-refractivity contribution is 7.98. The first-order valence-corrected chi connectivity index (χ1v) is 9.10. The summed E-state index contributed by atoms with van der Waals surface area (Å²) in [6.45, 7) is 0. The lowest BCUT2D eigenvalue weighted by atomic mass is 10.0. The van der Waals surface area contributed by atoms with Gasteiger partial charge in [0.1, 0.15) is 0 Å². The zero-order valence-corrected chi connectivity index (χ0v) is 14.6. The summed E-state index contributed by atoms with van der Waals surface area (Å²) in [4.78, 5) is 10.4. The highest BCUT2D eigenvalue weighted by Gasteiger charge is 2.16. The standard InChI is InChI=1S/C19H14ClN3S/c1-24-16-9-5-13(6-10-16)17-18(14-3-7-15(20)8-4-14)23-12-2-11-21-19(23)22-17/h2-12H,1H3. The summed E-state index contributed by atoms with van der Waals surface area (Å²) in [6, 6.07) is 18.2. The molecule has 3 nitrogen and oxygen atoms in total. The number of nitrogens with zero attached hydrogens (tertiary/aromatic N) is 3. The van der Waals surface area contributed by atoms with Crippen molar-refractivity contribution in [3.05, 3.63) is 72.0 Å². The molecule has 0 aliphatic rings. The van der Waals surface area contributed by atoms with Crippen molar-refractivity contribution >= 4 is 29.1 Å². The van der Waals surface area contributed by atoms with Gasteiger partial charge in [-0.3, -0.25) is 4.40 Å². The maximum Gasteiger partial charge on any atom is 0.234 e. The molecule has 24 heavy (non-hydrogen) atoms. The molecule has 4 aromatic rings. The summed E-state index contributed by atoms with van der Waals surface area (Å²) < 4.78 is 2.01. The molecule has 4 rings (SSSR count). The Kier molecular flexibility index (Phi) is 4.00. The number of hydrogen-bond acceptors (Lipinski definition) is 3. The monoisotopic (exact) mass is 351 g/mol. The largest absolute Gasteiger partial charge is 0.283 e. The summed E-state index contributed by atoms with van der Waals surface area (Å²) in [5.74, 6) is 0.686. The third kappa shape index (κ3) is 2.68. The molecule has 0 amide bonds. The van der Waals surface area contributed by atoms with E-state index < -0.39 is 0 Å². The average molecular weight is 352 g/mol. The van der Waals surface area contributed by atoms with Crippen LogP contribution in [0.5, 0.6) is 0 Å². The van der Waals surface area contributed by atoms with Gasteiger partial charge in [-0.15, -0.1) is 11.8 Å². The van der Waals surface area contributed by atoms with Gasteiger partial charge in [0.15, 0.2) is 0 Å². The van der Waals surface area contributed by atoms with E-state index in [0.717, 1.165) is 27.5 Å². The molecule has 0 aliphatic heterocycles. The second-order valence-electron chi connectivity index (χ2n) is 5.33. The van der Waals surface area contributed by atoms with Crippen molar-refractivity contribution in [2.24, 2.45) is 0 Å². The topological polar surface area (TPSA) is 30.2 Å². The third-order valence-corrected chi connectivity index (χ3v) is 4.88. The van der Waals surface area contributed by atoms with Gasteiger partial charge in [0.05, 0.1) is 11.4 Å². The molecule has 0 N–H and O–H groups in total. The second kappa shape index (κ2) is 6.30. The summed E-state index contributed by atoms with van der Waals surface area (Å²) in [7, 11) is 0. The number of aromatic nitrogens is 3. The van der Waals surface area contributed by atoms with Crippen molar-refractivity contribution in [2.45, 2.75) is 4.90 Å². The van der Waals surface area contributed by atoms with E-state index in [1.165, 1.54) is 4.90 Å². The van der Waals surface area contributed by atoms with E-state index in [0.29, 0.717) is 5.78 Å². The lowest BCUT2D eigenvalue weighted by molar-refractivity contribution is 1.11. The fourth-order valence-corrected chi connectivity index (χ4v) is 3.26. The van der Waals surface area contributed by atoms with Gasteiger partial charge in [-0.25, -0.2) is 9.97 Å². The normalized spacial score (nSPS) is 11.1. The van der Waals surface area contributed by atoms with E-state index in [1.54, 1.807) is 18.0 Å². The van der Waals surface area contributed by atoms with Crippen LogP contribution in [0.25, 0.3) is 28.3 Å². The lowest BCUT2D eigenvalue weighted by Crippen LogP contribution is -1.90. The van der Waals surface area contributed by atoms with Crippen molar-refractivity contribution in [1.82, 2.24) is 14.4 Å². The number of thioether (sulfide) groups is 1. The van der Waals surface area contributed by atoms with Crippen molar-refractivity contribution in [1.29, 1.82) is 0 Å². The fourth-order valence-electron chi connectivity index (χ4n) is 2.72. The zero-order chi connectivity index (χ0) is 16.5. The highest BCUT2D eigenvalue weighted by Crippen LogP contribution is 2.33. The quantitative estimate of drug-likeness (QED) is 0.460. The van der Waals surface area contributed by atoms with Gasteiger partial charge in [-0.2, -0.15) is 0 Å². The van der Waals surface area contributed by atoms with Crippen LogP contribution in [0.4, 0.5) is 0 Å². The number of halogens is 1.